The number of nitrogens with one attached hydrogen (secondary N) is 1. The Morgan fingerprint density at radius 3 is 2.67 bits per heavy atom. The molecule has 8 heteroatoms. The van der Waals surface area contributed by atoms with E-state index in [0.717, 1.165) is 12.8 Å². The molecule has 3 rings (SSSR count). The van der Waals surface area contributed by atoms with Crippen LogP contribution in [-0.2, 0) is 6.61 Å². The van der Waals surface area contributed by atoms with Crippen LogP contribution in [0.4, 0.5) is 9.18 Å². The van der Waals surface area contributed by atoms with Crippen LogP contribution in [0.3, 0.4) is 0 Å². The Morgan fingerprint density at radius 2 is 2.04 bits per heavy atom. The van der Waals surface area contributed by atoms with E-state index >= 15 is 0 Å². The normalized spacial score (nSPS) is 14.9. The van der Waals surface area contributed by atoms with Crippen LogP contribution in [0.15, 0.2) is 30.6 Å². The summed E-state index contributed by atoms with van der Waals surface area (Å²) in [5.74, 6) is -0.131. The number of hydrogen-bond acceptors (Lipinski definition) is 5. The Labute approximate surface area is 157 Å². The first-order valence-electron chi connectivity index (χ1n) is 8.92. The standard InChI is InChI=1S/C19H23FN4O3/c1-21-19(26)24-7-5-13(6-8-24)12-27-18-22-9-15(10-23-18)16-4-2-3-14(11-25)17(16)20/h2-4,9-10,13,25H,5-8,11-12H2,1H3,(H,21,26). The van der Waals surface area contributed by atoms with E-state index in [9.17, 15) is 14.3 Å². The molecule has 27 heavy (non-hydrogen) atoms. The van der Waals surface area contributed by atoms with Crippen molar-refractivity contribution < 1.29 is 19.0 Å². The van der Waals surface area contributed by atoms with Crippen molar-refractivity contribution in [2.24, 2.45) is 5.92 Å². The molecule has 144 valence electrons. The van der Waals surface area contributed by atoms with E-state index in [1.54, 1.807) is 24.1 Å². The number of aliphatic hydroxyl groups excluding tert-OH is 1. The van der Waals surface area contributed by atoms with E-state index in [2.05, 4.69) is 15.3 Å². The number of piperidine rings is 1. The van der Waals surface area contributed by atoms with E-state index in [0.29, 0.717) is 36.7 Å². The van der Waals surface area contributed by atoms with Crippen LogP contribution in [0.25, 0.3) is 11.1 Å². The highest BCUT2D eigenvalue weighted by molar-refractivity contribution is 5.73. The van der Waals surface area contributed by atoms with Gasteiger partial charge in [0.1, 0.15) is 5.82 Å². The number of amides is 2. The van der Waals surface area contributed by atoms with Gasteiger partial charge in [0, 0.05) is 49.2 Å². The Kier molecular flexibility index (Phi) is 6.18. The van der Waals surface area contributed by atoms with Crippen LogP contribution in [-0.4, -0.2) is 52.7 Å². The van der Waals surface area contributed by atoms with E-state index in [4.69, 9.17) is 4.74 Å². The second-order valence-corrected chi connectivity index (χ2v) is 6.49. The maximum absolute atomic E-state index is 14.3. The molecular formula is C19H23FN4O3. The largest absolute Gasteiger partial charge is 0.463 e. The van der Waals surface area contributed by atoms with Gasteiger partial charge < -0.3 is 20.1 Å². The Balaban J connectivity index is 1.55. The van der Waals surface area contributed by atoms with Gasteiger partial charge in [-0.1, -0.05) is 18.2 Å². The molecule has 0 saturated carbocycles. The predicted molar refractivity (Wildman–Crippen MR) is 97.6 cm³/mol. The Morgan fingerprint density at radius 1 is 1.33 bits per heavy atom. The first kappa shape index (κ1) is 19.0. The van der Waals surface area contributed by atoms with Crippen molar-refractivity contribution >= 4 is 6.03 Å². The van der Waals surface area contributed by atoms with Crippen LogP contribution in [0, 0.1) is 11.7 Å². The molecule has 1 fully saturated rings. The maximum atomic E-state index is 14.3. The minimum atomic E-state index is -0.472. The number of aromatic nitrogens is 2. The number of benzene rings is 1. The molecule has 1 aromatic heterocycles. The van der Waals surface area contributed by atoms with Crippen molar-refractivity contribution in [1.82, 2.24) is 20.2 Å². The summed E-state index contributed by atoms with van der Waals surface area (Å²) in [6.07, 6.45) is 4.75. The lowest BCUT2D eigenvalue weighted by molar-refractivity contribution is 0.142. The van der Waals surface area contributed by atoms with Gasteiger partial charge in [0.05, 0.1) is 13.2 Å². The van der Waals surface area contributed by atoms with Gasteiger partial charge in [0.15, 0.2) is 0 Å². The summed E-state index contributed by atoms with van der Waals surface area (Å²) in [5, 5.41) is 11.8. The lowest BCUT2D eigenvalue weighted by atomic mass is 9.98. The third-order valence-corrected chi connectivity index (χ3v) is 4.75. The zero-order chi connectivity index (χ0) is 19.2. The number of halogens is 1. The van der Waals surface area contributed by atoms with Crippen molar-refractivity contribution in [2.75, 3.05) is 26.7 Å². The van der Waals surface area contributed by atoms with Crippen molar-refractivity contribution in [1.29, 1.82) is 0 Å². The maximum Gasteiger partial charge on any atom is 0.317 e. The van der Waals surface area contributed by atoms with Gasteiger partial charge in [0.2, 0.25) is 0 Å². The van der Waals surface area contributed by atoms with E-state index in [1.807, 2.05) is 0 Å². The molecule has 0 aliphatic carbocycles. The number of hydrogen-bond donors (Lipinski definition) is 2. The molecule has 0 bridgehead atoms. The average Bonchev–Trinajstić information content (AvgIpc) is 2.72. The van der Waals surface area contributed by atoms with Gasteiger partial charge in [-0.2, -0.15) is 0 Å². The van der Waals surface area contributed by atoms with Crippen molar-refractivity contribution in [2.45, 2.75) is 19.4 Å². The summed E-state index contributed by atoms with van der Waals surface area (Å²) < 4.78 is 19.9. The third kappa shape index (κ3) is 4.51. The fourth-order valence-electron chi connectivity index (χ4n) is 3.11. The summed E-state index contributed by atoms with van der Waals surface area (Å²) in [6.45, 7) is 1.53. The second-order valence-electron chi connectivity index (χ2n) is 6.49. The number of likely N-dealkylation sites (tertiary alicyclic amines) is 1. The first-order chi connectivity index (χ1) is 13.1. The Hall–Kier alpha value is -2.74. The molecule has 0 spiro atoms. The smallest absolute Gasteiger partial charge is 0.317 e. The zero-order valence-corrected chi connectivity index (χ0v) is 15.2. The summed E-state index contributed by atoms with van der Waals surface area (Å²) in [4.78, 5) is 21.7. The van der Waals surface area contributed by atoms with Crippen LogP contribution in [0.1, 0.15) is 18.4 Å². The average molecular weight is 374 g/mol. The summed E-state index contributed by atoms with van der Waals surface area (Å²) in [6, 6.07) is 5.03. The fraction of sp³-hybridized carbons (Fsp3) is 0.421. The summed E-state index contributed by atoms with van der Waals surface area (Å²) >= 11 is 0. The summed E-state index contributed by atoms with van der Waals surface area (Å²) in [5.41, 5.74) is 1.10. The zero-order valence-electron chi connectivity index (χ0n) is 15.2. The quantitative estimate of drug-likeness (QED) is 0.838. The molecule has 2 aromatic rings. The van der Waals surface area contributed by atoms with E-state index in [-0.39, 0.29) is 24.2 Å². The molecule has 2 heterocycles. The topological polar surface area (TPSA) is 87.6 Å². The second kappa shape index (κ2) is 8.77. The van der Waals surface area contributed by atoms with Crippen molar-refractivity contribution in [3.63, 3.8) is 0 Å². The number of carbonyl (C=O) groups is 1. The van der Waals surface area contributed by atoms with Crippen LogP contribution >= 0.6 is 0 Å². The van der Waals surface area contributed by atoms with Crippen LogP contribution in [0.5, 0.6) is 6.01 Å². The van der Waals surface area contributed by atoms with Crippen LogP contribution < -0.4 is 10.1 Å². The molecule has 1 aliphatic heterocycles. The van der Waals surface area contributed by atoms with Crippen LogP contribution in [0.2, 0.25) is 0 Å². The van der Waals surface area contributed by atoms with Gasteiger partial charge in [-0.25, -0.2) is 19.2 Å². The molecule has 1 aromatic carbocycles. The lowest BCUT2D eigenvalue weighted by Crippen LogP contribution is -2.43. The van der Waals surface area contributed by atoms with Gasteiger partial charge in [-0.05, 0) is 18.8 Å². The minimum absolute atomic E-state index is 0.0502. The molecule has 7 nitrogen and oxygen atoms in total. The number of rotatable bonds is 5. The molecule has 0 unspecified atom stereocenters. The monoisotopic (exact) mass is 374 g/mol. The number of ether oxygens (including phenoxy) is 1. The summed E-state index contributed by atoms with van der Waals surface area (Å²) in [7, 11) is 1.63. The van der Waals surface area contributed by atoms with E-state index in [1.165, 1.54) is 18.5 Å². The third-order valence-electron chi connectivity index (χ3n) is 4.75. The van der Waals surface area contributed by atoms with Gasteiger partial charge in [0.25, 0.3) is 0 Å². The fourth-order valence-corrected chi connectivity index (χ4v) is 3.11. The highest BCUT2D eigenvalue weighted by atomic mass is 19.1. The number of nitrogens with zero attached hydrogens (tertiary/aromatic N) is 3. The highest BCUT2D eigenvalue weighted by Gasteiger charge is 2.22. The molecule has 2 amide bonds. The number of urea groups is 1. The first-order valence-corrected chi connectivity index (χ1v) is 8.92. The van der Waals surface area contributed by atoms with Gasteiger partial charge in [-0.3, -0.25) is 0 Å². The predicted octanol–water partition coefficient (Wildman–Crippen LogP) is 2.21. The van der Waals surface area contributed by atoms with Crippen molar-refractivity contribution in [3.8, 4) is 17.1 Å². The van der Waals surface area contributed by atoms with Crippen molar-refractivity contribution in [3.05, 3.63) is 42.0 Å². The molecule has 2 N–H and O–H groups in total. The molecule has 1 aliphatic rings. The molecular weight excluding hydrogens is 351 g/mol. The molecule has 1 saturated heterocycles. The minimum Gasteiger partial charge on any atom is -0.463 e. The van der Waals surface area contributed by atoms with E-state index < -0.39 is 5.82 Å². The Bertz CT molecular complexity index is 777. The lowest BCUT2D eigenvalue weighted by Gasteiger charge is -2.31. The molecule has 0 atom stereocenters. The number of carbonyl (C=O) groups excluding carboxylic acids is 1. The van der Waals surface area contributed by atoms with Gasteiger partial charge >= 0.3 is 12.0 Å². The molecule has 0 radical (unpaired) electrons. The SMILES string of the molecule is CNC(=O)N1CCC(COc2ncc(-c3cccc(CO)c3F)cn2)CC1. The highest BCUT2D eigenvalue weighted by Crippen LogP contribution is 2.25. The number of aliphatic hydroxyl groups is 1. The van der Waals surface area contributed by atoms with Gasteiger partial charge in [-0.15, -0.1) is 0 Å².